The predicted molar refractivity (Wildman–Crippen MR) is 95.0 cm³/mol. The van der Waals surface area contributed by atoms with E-state index < -0.39 is 0 Å². The Hall–Kier alpha value is -2.95. The lowest BCUT2D eigenvalue weighted by molar-refractivity contribution is 0.414. The van der Waals surface area contributed by atoms with Crippen LogP contribution in [0.2, 0.25) is 0 Å². The van der Waals surface area contributed by atoms with Gasteiger partial charge in [-0.05, 0) is 43.7 Å². The highest BCUT2D eigenvalue weighted by atomic mass is 16.5. The Morgan fingerprint density at radius 2 is 1.96 bits per heavy atom. The number of nitrogens with one attached hydrogen (secondary N) is 1. The van der Waals surface area contributed by atoms with Crippen molar-refractivity contribution in [1.29, 1.82) is 0 Å². The van der Waals surface area contributed by atoms with E-state index >= 15 is 0 Å². The molecule has 3 aromatic rings. The Kier molecular flexibility index (Phi) is 4.70. The summed E-state index contributed by atoms with van der Waals surface area (Å²) in [5.74, 6) is 2.35. The van der Waals surface area contributed by atoms with Gasteiger partial charge in [0.15, 0.2) is 0 Å². The fraction of sp³-hybridized carbons (Fsp3) is 0.211. The lowest BCUT2D eigenvalue weighted by Gasteiger charge is -2.16. The summed E-state index contributed by atoms with van der Waals surface area (Å²) < 4.78 is 5.29. The zero-order chi connectivity index (χ0) is 16.9. The number of aromatic nitrogens is 3. The van der Waals surface area contributed by atoms with E-state index in [4.69, 9.17) is 4.74 Å². The number of pyridine rings is 1. The molecule has 5 heteroatoms. The van der Waals surface area contributed by atoms with E-state index in [2.05, 4.69) is 33.3 Å². The van der Waals surface area contributed by atoms with Gasteiger partial charge in [-0.25, -0.2) is 9.97 Å². The molecule has 0 aliphatic heterocycles. The quantitative estimate of drug-likeness (QED) is 0.769. The average molecular weight is 320 g/mol. The summed E-state index contributed by atoms with van der Waals surface area (Å²) in [6.07, 6.45) is 3.55. The minimum absolute atomic E-state index is 0.0937. The van der Waals surface area contributed by atoms with E-state index in [1.165, 1.54) is 0 Å². The van der Waals surface area contributed by atoms with Gasteiger partial charge in [0.2, 0.25) is 0 Å². The summed E-state index contributed by atoms with van der Waals surface area (Å²) in [6, 6.07) is 13.9. The van der Waals surface area contributed by atoms with E-state index in [-0.39, 0.29) is 6.04 Å². The minimum atomic E-state index is 0.0937. The summed E-state index contributed by atoms with van der Waals surface area (Å²) >= 11 is 0. The van der Waals surface area contributed by atoms with Crippen LogP contribution < -0.4 is 10.1 Å². The highest BCUT2D eigenvalue weighted by Gasteiger charge is 2.10. The van der Waals surface area contributed by atoms with E-state index in [0.717, 1.165) is 34.2 Å². The topological polar surface area (TPSA) is 59.9 Å². The van der Waals surface area contributed by atoms with Crippen LogP contribution in [-0.2, 0) is 0 Å². The van der Waals surface area contributed by atoms with Crippen molar-refractivity contribution in [3.8, 4) is 17.0 Å². The molecular weight excluding hydrogens is 300 g/mol. The smallest absolute Gasteiger partial charge is 0.130 e. The molecule has 1 aromatic carbocycles. The van der Waals surface area contributed by atoms with Crippen molar-refractivity contribution in [2.24, 2.45) is 0 Å². The molecule has 2 heterocycles. The van der Waals surface area contributed by atoms with E-state index in [9.17, 15) is 0 Å². The van der Waals surface area contributed by atoms with Crippen LogP contribution in [0.15, 0.2) is 54.9 Å². The number of aryl methyl sites for hydroxylation is 1. The fourth-order valence-electron chi connectivity index (χ4n) is 2.52. The Morgan fingerprint density at radius 3 is 2.71 bits per heavy atom. The molecule has 0 radical (unpaired) electrons. The first-order chi connectivity index (χ1) is 11.7. The molecule has 0 amide bonds. The molecule has 0 bridgehead atoms. The maximum Gasteiger partial charge on any atom is 0.130 e. The highest BCUT2D eigenvalue weighted by Crippen LogP contribution is 2.24. The summed E-state index contributed by atoms with van der Waals surface area (Å²) in [5.41, 5.74) is 2.96. The third-order valence-corrected chi connectivity index (χ3v) is 3.75. The maximum atomic E-state index is 5.29. The van der Waals surface area contributed by atoms with Crippen LogP contribution in [0, 0.1) is 6.92 Å². The summed E-state index contributed by atoms with van der Waals surface area (Å²) in [7, 11) is 1.67. The largest absolute Gasteiger partial charge is 0.497 e. The standard InChI is InChI=1S/C19H20N4O/c1-13(15-6-4-8-17(10-15)24-3)21-19-11-18(22-14(2)23-19)16-7-5-9-20-12-16/h4-13H,1-3H3,(H,21,22,23). The molecule has 0 saturated carbocycles. The maximum absolute atomic E-state index is 5.29. The summed E-state index contributed by atoms with van der Waals surface area (Å²) in [5, 5.41) is 3.43. The Balaban J connectivity index is 1.85. The number of hydrogen-bond acceptors (Lipinski definition) is 5. The van der Waals surface area contributed by atoms with Crippen LogP contribution in [0.5, 0.6) is 5.75 Å². The van der Waals surface area contributed by atoms with E-state index in [1.807, 2.05) is 43.3 Å². The minimum Gasteiger partial charge on any atom is -0.497 e. The third kappa shape index (κ3) is 3.68. The Labute approximate surface area is 141 Å². The second-order valence-electron chi connectivity index (χ2n) is 5.57. The molecule has 0 spiro atoms. The van der Waals surface area contributed by atoms with Crippen LogP contribution in [0.3, 0.4) is 0 Å². The number of nitrogens with zero attached hydrogens (tertiary/aromatic N) is 3. The van der Waals surface area contributed by atoms with Gasteiger partial charge in [0.1, 0.15) is 17.4 Å². The van der Waals surface area contributed by atoms with Gasteiger partial charge in [0.25, 0.3) is 0 Å². The van der Waals surface area contributed by atoms with Gasteiger partial charge >= 0.3 is 0 Å². The number of ether oxygens (including phenoxy) is 1. The zero-order valence-corrected chi connectivity index (χ0v) is 14.0. The number of anilines is 1. The van der Waals surface area contributed by atoms with Gasteiger partial charge in [-0.15, -0.1) is 0 Å². The Morgan fingerprint density at radius 1 is 1.08 bits per heavy atom. The number of rotatable bonds is 5. The first-order valence-electron chi connectivity index (χ1n) is 7.82. The zero-order valence-electron chi connectivity index (χ0n) is 14.0. The van der Waals surface area contributed by atoms with Crippen LogP contribution in [0.4, 0.5) is 5.82 Å². The normalized spacial score (nSPS) is 11.8. The monoisotopic (exact) mass is 320 g/mol. The second kappa shape index (κ2) is 7.08. The lowest BCUT2D eigenvalue weighted by atomic mass is 10.1. The number of hydrogen-bond donors (Lipinski definition) is 1. The molecular formula is C19H20N4O. The van der Waals surface area contributed by atoms with Gasteiger partial charge in [-0.2, -0.15) is 0 Å². The summed E-state index contributed by atoms with van der Waals surface area (Å²) in [6.45, 7) is 3.98. The molecule has 1 atom stereocenters. The average Bonchev–Trinajstić information content (AvgIpc) is 2.62. The third-order valence-electron chi connectivity index (χ3n) is 3.75. The lowest BCUT2D eigenvalue weighted by Crippen LogP contribution is -2.09. The molecule has 0 aliphatic carbocycles. The fourth-order valence-corrected chi connectivity index (χ4v) is 2.52. The van der Waals surface area contributed by atoms with Crippen molar-refractivity contribution in [2.45, 2.75) is 19.9 Å². The van der Waals surface area contributed by atoms with Crippen LogP contribution in [0.25, 0.3) is 11.3 Å². The van der Waals surface area contributed by atoms with Crippen molar-refractivity contribution in [2.75, 3.05) is 12.4 Å². The predicted octanol–water partition coefficient (Wildman–Crippen LogP) is 4.03. The molecule has 1 unspecified atom stereocenters. The number of benzene rings is 1. The van der Waals surface area contributed by atoms with Crippen LogP contribution in [-0.4, -0.2) is 22.1 Å². The van der Waals surface area contributed by atoms with Crippen LogP contribution in [0.1, 0.15) is 24.4 Å². The van der Waals surface area contributed by atoms with Gasteiger partial charge < -0.3 is 10.1 Å². The van der Waals surface area contributed by atoms with Gasteiger partial charge in [-0.3, -0.25) is 4.98 Å². The van der Waals surface area contributed by atoms with E-state index in [0.29, 0.717) is 0 Å². The van der Waals surface area contributed by atoms with Crippen molar-refractivity contribution in [3.05, 3.63) is 66.2 Å². The second-order valence-corrected chi connectivity index (χ2v) is 5.57. The van der Waals surface area contributed by atoms with Crippen molar-refractivity contribution < 1.29 is 4.74 Å². The molecule has 2 aromatic heterocycles. The van der Waals surface area contributed by atoms with Crippen molar-refractivity contribution in [3.63, 3.8) is 0 Å². The molecule has 5 nitrogen and oxygen atoms in total. The molecule has 0 aliphatic rings. The van der Waals surface area contributed by atoms with Gasteiger partial charge in [0.05, 0.1) is 18.8 Å². The number of methoxy groups -OCH3 is 1. The highest BCUT2D eigenvalue weighted by molar-refractivity contribution is 5.61. The molecule has 0 fully saturated rings. The van der Waals surface area contributed by atoms with Crippen LogP contribution >= 0.6 is 0 Å². The molecule has 3 rings (SSSR count). The molecule has 1 N–H and O–H groups in total. The van der Waals surface area contributed by atoms with E-state index in [1.54, 1.807) is 19.5 Å². The summed E-state index contributed by atoms with van der Waals surface area (Å²) in [4.78, 5) is 13.1. The molecule has 122 valence electrons. The van der Waals surface area contributed by atoms with Gasteiger partial charge in [-0.1, -0.05) is 12.1 Å². The molecule has 0 saturated heterocycles. The first kappa shape index (κ1) is 15.9. The SMILES string of the molecule is COc1cccc(C(C)Nc2cc(-c3cccnc3)nc(C)n2)c1. The van der Waals surface area contributed by atoms with Crippen molar-refractivity contribution in [1.82, 2.24) is 15.0 Å². The van der Waals surface area contributed by atoms with Crippen molar-refractivity contribution >= 4 is 5.82 Å². The van der Waals surface area contributed by atoms with Gasteiger partial charge in [0, 0.05) is 24.0 Å². The molecule has 24 heavy (non-hydrogen) atoms. The first-order valence-corrected chi connectivity index (χ1v) is 7.82. The Bertz CT molecular complexity index is 821.